The number of thiocarbonyl (C=S) groups is 1. The molecule has 1 unspecified atom stereocenters. The molecule has 7 heteroatoms. The average Bonchev–Trinajstić information content (AvgIpc) is 2.99. The second kappa shape index (κ2) is 11.3. The van der Waals surface area contributed by atoms with E-state index in [2.05, 4.69) is 42.3 Å². The van der Waals surface area contributed by atoms with Gasteiger partial charge in [0, 0.05) is 25.6 Å². The second-order valence-corrected chi connectivity index (χ2v) is 11.0. The summed E-state index contributed by atoms with van der Waals surface area (Å²) < 4.78 is 5.68. The molecule has 0 aromatic heterocycles. The van der Waals surface area contributed by atoms with E-state index >= 15 is 0 Å². The Bertz CT molecular complexity index is 1080. The average molecular weight is 499 g/mol. The fourth-order valence-corrected chi connectivity index (χ4v) is 4.41. The Kier molecular flexibility index (Phi) is 8.65. The van der Waals surface area contributed by atoms with Gasteiger partial charge in [0.05, 0.1) is 12.0 Å². The van der Waals surface area contributed by atoms with Crippen molar-refractivity contribution < 1.29 is 19.7 Å². The number of aryl methyl sites for hydroxylation is 3. The van der Waals surface area contributed by atoms with Gasteiger partial charge in [-0.25, -0.2) is 0 Å². The number of rotatable bonds is 6. The lowest BCUT2D eigenvalue weighted by Crippen LogP contribution is -2.42. The fraction of sp³-hybridized carbons (Fsp3) is 0.500. The molecule has 35 heavy (non-hydrogen) atoms. The predicted octanol–water partition coefficient (Wildman–Crippen LogP) is 4.79. The van der Waals surface area contributed by atoms with E-state index in [4.69, 9.17) is 17.0 Å². The van der Waals surface area contributed by atoms with Crippen molar-refractivity contribution in [3.8, 4) is 11.5 Å². The van der Waals surface area contributed by atoms with E-state index in [0.717, 1.165) is 36.9 Å². The highest BCUT2D eigenvalue weighted by Gasteiger charge is 2.25. The first-order chi connectivity index (χ1) is 16.4. The number of hydrogen-bond donors (Lipinski definition) is 3. The van der Waals surface area contributed by atoms with Crippen LogP contribution in [0.25, 0.3) is 0 Å². The van der Waals surface area contributed by atoms with Crippen LogP contribution in [0.3, 0.4) is 0 Å². The summed E-state index contributed by atoms with van der Waals surface area (Å²) in [7, 11) is 0. The quantitative estimate of drug-likeness (QED) is 0.300. The van der Waals surface area contributed by atoms with Gasteiger partial charge in [-0.3, -0.25) is 4.79 Å². The van der Waals surface area contributed by atoms with Gasteiger partial charge in [-0.2, -0.15) is 0 Å². The number of nitrogens with zero attached hydrogens (tertiary/aromatic N) is 1. The van der Waals surface area contributed by atoms with Crippen LogP contribution >= 0.6 is 12.2 Å². The van der Waals surface area contributed by atoms with Crippen LogP contribution in [0.2, 0.25) is 0 Å². The van der Waals surface area contributed by atoms with Crippen LogP contribution in [-0.2, 0) is 28.9 Å². The van der Waals surface area contributed by atoms with Crippen LogP contribution in [0.4, 0.5) is 0 Å². The van der Waals surface area contributed by atoms with Gasteiger partial charge < -0.3 is 25.2 Å². The highest BCUT2D eigenvalue weighted by molar-refractivity contribution is 7.80. The number of carbonyl (C=O) groups excluding carboxylic acids is 1. The van der Waals surface area contributed by atoms with Gasteiger partial charge in [0.1, 0.15) is 0 Å². The normalized spacial score (nSPS) is 14.6. The number of esters is 1. The Morgan fingerprint density at radius 1 is 1.11 bits per heavy atom. The third-order valence-electron chi connectivity index (χ3n) is 6.52. The van der Waals surface area contributed by atoms with Crippen molar-refractivity contribution >= 4 is 23.3 Å². The van der Waals surface area contributed by atoms with Crippen molar-refractivity contribution in [2.75, 3.05) is 19.7 Å². The van der Waals surface area contributed by atoms with Gasteiger partial charge in [0.2, 0.25) is 0 Å². The lowest BCUT2D eigenvalue weighted by Gasteiger charge is -2.27. The molecule has 0 bridgehead atoms. The first-order valence-electron chi connectivity index (χ1n) is 12.2. The van der Waals surface area contributed by atoms with Gasteiger partial charge in [0.15, 0.2) is 16.6 Å². The van der Waals surface area contributed by atoms with Crippen LogP contribution in [0, 0.1) is 25.2 Å². The van der Waals surface area contributed by atoms with E-state index in [1.165, 1.54) is 16.7 Å². The maximum atomic E-state index is 12.4. The maximum absolute atomic E-state index is 12.4. The molecule has 1 atom stereocenters. The standard InChI is InChI=1S/C28H38N2O4S/c1-18-8-9-20(11-19(18)2)12-21(17-34-26(33)28(3,4)5)15-29-27(35)30-10-6-7-22-13-24(31)25(32)14-23(22)16-30/h8-9,11,13-14,21,31-32H,6-7,10,12,15-17H2,1-5H3,(H,29,35). The monoisotopic (exact) mass is 498 g/mol. The smallest absolute Gasteiger partial charge is 0.311 e. The number of aromatic hydroxyl groups is 2. The summed E-state index contributed by atoms with van der Waals surface area (Å²) in [5, 5.41) is 23.8. The molecule has 0 spiro atoms. The van der Waals surface area contributed by atoms with Crippen molar-refractivity contribution in [2.24, 2.45) is 11.3 Å². The zero-order valence-corrected chi connectivity index (χ0v) is 22.3. The van der Waals surface area contributed by atoms with Gasteiger partial charge in [-0.05, 0) is 106 Å². The van der Waals surface area contributed by atoms with E-state index in [-0.39, 0.29) is 23.4 Å². The number of phenolic OH excluding ortho intramolecular Hbond substituents is 2. The molecular weight excluding hydrogens is 460 g/mol. The second-order valence-electron chi connectivity index (χ2n) is 10.7. The highest BCUT2D eigenvalue weighted by Crippen LogP contribution is 2.31. The van der Waals surface area contributed by atoms with Crippen LogP contribution in [0.1, 0.15) is 55.0 Å². The summed E-state index contributed by atoms with van der Waals surface area (Å²) in [6.45, 7) is 12.0. The van der Waals surface area contributed by atoms with Crippen molar-refractivity contribution in [3.05, 3.63) is 58.1 Å². The number of hydrogen-bond acceptors (Lipinski definition) is 5. The number of fused-ring (bicyclic) bond motifs is 1. The minimum atomic E-state index is -0.548. The molecule has 0 saturated heterocycles. The molecule has 0 fully saturated rings. The van der Waals surface area contributed by atoms with Crippen molar-refractivity contribution in [1.82, 2.24) is 10.2 Å². The summed E-state index contributed by atoms with van der Waals surface area (Å²) in [5.74, 6) is -0.352. The molecule has 2 aromatic carbocycles. The molecule has 0 saturated carbocycles. The molecule has 1 heterocycles. The molecule has 0 amide bonds. The first-order valence-corrected chi connectivity index (χ1v) is 12.6. The Balaban J connectivity index is 1.67. The molecule has 0 aliphatic carbocycles. The van der Waals surface area contributed by atoms with Crippen molar-refractivity contribution in [2.45, 2.75) is 60.4 Å². The Labute approximate surface area is 214 Å². The number of nitrogens with one attached hydrogen (secondary N) is 1. The minimum Gasteiger partial charge on any atom is -0.504 e. The van der Waals surface area contributed by atoms with Crippen LogP contribution in [0.15, 0.2) is 30.3 Å². The minimum absolute atomic E-state index is 0.0570. The maximum Gasteiger partial charge on any atom is 0.311 e. The lowest BCUT2D eigenvalue weighted by molar-refractivity contribution is -0.154. The van der Waals surface area contributed by atoms with E-state index in [1.54, 1.807) is 12.1 Å². The Morgan fingerprint density at radius 2 is 1.80 bits per heavy atom. The summed E-state index contributed by atoms with van der Waals surface area (Å²) in [5.41, 5.74) is 5.16. The van der Waals surface area contributed by atoms with Crippen molar-refractivity contribution in [1.29, 1.82) is 0 Å². The van der Waals surface area contributed by atoms with Crippen LogP contribution in [0.5, 0.6) is 11.5 Å². The predicted molar refractivity (Wildman–Crippen MR) is 143 cm³/mol. The van der Waals surface area contributed by atoms with Gasteiger partial charge >= 0.3 is 5.97 Å². The first kappa shape index (κ1) is 26.8. The summed E-state index contributed by atoms with van der Waals surface area (Å²) in [4.78, 5) is 14.5. The molecular formula is C28H38N2O4S. The van der Waals surface area contributed by atoms with Gasteiger partial charge in [0.25, 0.3) is 0 Å². The Morgan fingerprint density at radius 3 is 2.46 bits per heavy atom. The number of phenols is 2. The van der Waals surface area contributed by atoms with E-state index < -0.39 is 5.41 Å². The summed E-state index contributed by atoms with van der Waals surface area (Å²) >= 11 is 5.73. The summed E-state index contributed by atoms with van der Waals surface area (Å²) in [6, 6.07) is 9.73. The van der Waals surface area contributed by atoms with Crippen molar-refractivity contribution in [3.63, 3.8) is 0 Å². The molecule has 3 rings (SSSR count). The Hall–Kier alpha value is -2.80. The van der Waals surface area contributed by atoms with E-state index in [0.29, 0.717) is 24.8 Å². The van der Waals surface area contributed by atoms with E-state index in [1.807, 2.05) is 20.8 Å². The molecule has 1 aliphatic heterocycles. The third-order valence-corrected chi connectivity index (χ3v) is 6.92. The molecule has 190 valence electrons. The number of benzene rings is 2. The molecule has 2 aromatic rings. The van der Waals surface area contributed by atoms with Gasteiger partial charge in [-0.15, -0.1) is 0 Å². The zero-order valence-electron chi connectivity index (χ0n) is 21.5. The van der Waals surface area contributed by atoms with Gasteiger partial charge in [-0.1, -0.05) is 18.2 Å². The SMILES string of the molecule is Cc1ccc(CC(CNC(=S)N2CCCc3cc(O)c(O)cc3C2)COC(=O)C(C)(C)C)cc1C. The fourth-order valence-electron chi connectivity index (χ4n) is 4.17. The summed E-state index contributed by atoms with van der Waals surface area (Å²) in [6.07, 6.45) is 2.49. The van der Waals surface area contributed by atoms with Crippen LogP contribution in [-0.4, -0.2) is 45.9 Å². The largest absolute Gasteiger partial charge is 0.504 e. The molecule has 0 radical (unpaired) electrons. The number of ether oxygens (including phenoxy) is 1. The molecule has 3 N–H and O–H groups in total. The molecule has 1 aliphatic rings. The molecule has 6 nitrogen and oxygen atoms in total. The third kappa shape index (κ3) is 7.34. The van der Waals surface area contributed by atoms with E-state index in [9.17, 15) is 15.0 Å². The lowest BCUT2D eigenvalue weighted by atomic mass is 9.96. The number of carbonyl (C=O) groups is 1. The zero-order chi connectivity index (χ0) is 25.8. The topological polar surface area (TPSA) is 82.0 Å². The highest BCUT2D eigenvalue weighted by atomic mass is 32.1. The van der Waals surface area contributed by atoms with Crippen LogP contribution < -0.4 is 5.32 Å².